The number of pyridine rings is 1. The quantitative estimate of drug-likeness (QED) is 0.219. The molecule has 0 unspecified atom stereocenters. The molecule has 4 rings (SSSR count). The average molecular weight is 493 g/mol. The Labute approximate surface area is 206 Å². The molecule has 2 aromatic carbocycles. The van der Waals surface area contributed by atoms with Gasteiger partial charge in [0.2, 0.25) is 0 Å². The Morgan fingerprint density at radius 2 is 1.76 bits per heavy atom. The highest BCUT2D eigenvalue weighted by atomic mass is 35.5. The van der Waals surface area contributed by atoms with E-state index in [-0.39, 0.29) is 11.7 Å². The van der Waals surface area contributed by atoms with E-state index in [1.54, 1.807) is 31.6 Å². The minimum Gasteiger partial charge on any atom is -0.497 e. The Hall–Kier alpha value is -3.69. The molecule has 0 fully saturated rings. The number of carbonyl (C=O) groups excluding carboxylic acids is 1. The molecule has 34 heavy (non-hydrogen) atoms. The first-order valence-electron chi connectivity index (χ1n) is 10.3. The van der Waals surface area contributed by atoms with Gasteiger partial charge in [0.25, 0.3) is 5.91 Å². The van der Waals surface area contributed by atoms with Crippen LogP contribution in [-0.4, -0.2) is 44.2 Å². The summed E-state index contributed by atoms with van der Waals surface area (Å²) in [6.45, 7) is 1.82. The molecule has 0 spiro atoms. The van der Waals surface area contributed by atoms with Crippen LogP contribution in [0.3, 0.4) is 0 Å². The van der Waals surface area contributed by atoms with Crippen molar-refractivity contribution in [3.8, 4) is 22.8 Å². The zero-order chi connectivity index (χ0) is 23.9. The monoisotopic (exact) mass is 492 g/mol. The number of methoxy groups -OCH3 is 1. The summed E-state index contributed by atoms with van der Waals surface area (Å²) in [5.41, 5.74) is 5.85. The van der Waals surface area contributed by atoms with E-state index in [0.29, 0.717) is 21.7 Å². The molecule has 10 heteroatoms. The fraction of sp³-hybridized carbons (Fsp3) is 0.125. The van der Waals surface area contributed by atoms with E-state index >= 15 is 0 Å². The van der Waals surface area contributed by atoms with Crippen LogP contribution in [0.25, 0.3) is 17.1 Å². The fourth-order valence-corrected chi connectivity index (χ4v) is 3.95. The molecule has 0 saturated carbocycles. The van der Waals surface area contributed by atoms with Gasteiger partial charge in [0.1, 0.15) is 5.75 Å². The number of nitrogens with one attached hydrogen (secondary N) is 1. The van der Waals surface area contributed by atoms with Crippen LogP contribution >= 0.6 is 23.4 Å². The maximum absolute atomic E-state index is 12.5. The fourth-order valence-electron chi connectivity index (χ4n) is 3.08. The van der Waals surface area contributed by atoms with Crippen LogP contribution < -0.4 is 10.2 Å². The minimum atomic E-state index is -0.255. The van der Waals surface area contributed by atoms with E-state index in [9.17, 15) is 4.79 Å². The molecule has 1 amide bonds. The highest BCUT2D eigenvalue weighted by Crippen LogP contribution is 2.29. The van der Waals surface area contributed by atoms with Crippen molar-refractivity contribution in [2.75, 3.05) is 12.9 Å². The lowest BCUT2D eigenvalue weighted by Crippen LogP contribution is -2.21. The van der Waals surface area contributed by atoms with Gasteiger partial charge in [0.05, 0.1) is 18.6 Å². The van der Waals surface area contributed by atoms with Crippen molar-refractivity contribution < 1.29 is 9.53 Å². The minimum absolute atomic E-state index is 0.113. The van der Waals surface area contributed by atoms with Crippen LogP contribution in [0.1, 0.15) is 12.5 Å². The first kappa shape index (κ1) is 23.5. The third kappa shape index (κ3) is 5.62. The Kier molecular flexibility index (Phi) is 7.56. The van der Waals surface area contributed by atoms with E-state index in [0.717, 1.165) is 22.6 Å². The van der Waals surface area contributed by atoms with Gasteiger partial charge in [0, 0.05) is 34.2 Å². The van der Waals surface area contributed by atoms with E-state index in [1.165, 1.54) is 11.8 Å². The van der Waals surface area contributed by atoms with Crippen molar-refractivity contribution in [1.29, 1.82) is 0 Å². The molecule has 0 atom stereocenters. The standard InChI is InChI=1S/C24H21ClN6O2S/c1-16(17-11-13-26-14-12-17)27-28-22(32)15-34-24-30-29-23(18-3-9-21(33-2)10-4-18)31(24)20-7-5-19(25)6-8-20/h3-14H,15H2,1-2H3,(H,28,32). The molecule has 0 radical (unpaired) electrons. The lowest BCUT2D eigenvalue weighted by molar-refractivity contribution is -0.118. The number of hydrogen-bond donors (Lipinski definition) is 1. The first-order chi connectivity index (χ1) is 16.5. The number of halogens is 1. The van der Waals surface area contributed by atoms with Gasteiger partial charge < -0.3 is 4.74 Å². The van der Waals surface area contributed by atoms with E-state index < -0.39 is 0 Å². The van der Waals surface area contributed by atoms with E-state index in [2.05, 4.69) is 25.7 Å². The molecule has 0 saturated heterocycles. The van der Waals surface area contributed by atoms with Gasteiger partial charge >= 0.3 is 0 Å². The maximum atomic E-state index is 12.5. The number of thioether (sulfide) groups is 1. The topological polar surface area (TPSA) is 94.3 Å². The second kappa shape index (κ2) is 11.0. The number of hydrazone groups is 1. The van der Waals surface area contributed by atoms with E-state index in [4.69, 9.17) is 16.3 Å². The summed E-state index contributed by atoms with van der Waals surface area (Å²) in [7, 11) is 1.62. The second-order valence-electron chi connectivity index (χ2n) is 7.10. The number of amides is 1. The Morgan fingerprint density at radius 1 is 1.06 bits per heavy atom. The van der Waals surface area contributed by atoms with Gasteiger partial charge in [-0.25, -0.2) is 5.43 Å². The normalized spacial score (nSPS) is 11.3. The zero-order valence-electron chi connectivity index (χ0n) is 18.5. The SMILES string of the molecule is COc1ccc(-c2nnc(SCC(=O)NN=C(C)c3ccncc3)n2-c2ccc(Cl)cc2)cc1. The summed E-state index contributed by atoms with van der Waals surface area (Å²) in [5, 5.41) is 14.1. The summed E-state index contributed by atoms with van der Waals surface area (Å²) in [6, 6.07) is 18.6. The van der Waals surface area contributed by atoms with Crippen molar-refractivity contribution in [1.82, 2.24) is 25.2 Å². The molecule has 0 aliphatic heterocycles. The van der Waals surface area contributed by atoms with Crippen LogP contribution in [0, 0.1) is 0 Å². The van der Waals surface area contributed by atoms with Crippen LogP contribution in [0.15, 0.2) is 83.3 Å². The van der Waals surface area contributed by atoms with Crippen molar-refractivity contribution in [3.05, 3.63) is 83.6 Å². The van der Waals surface area contributed by atoms with Crippen LogP contribution in [0.5, 0.6) is 5.75 Å². The van der Waals surface area contributed by atoms with Crippen molar-refractivity contribution in [3.63, 3.8) is 0 Å². The Balaban J connectivity index is 1.54. The molecule has 0 aliphatic rings. The molecule has 4 aromatic rings. The number of carbonyl (C=O) groups is 1. The molecular weight excluding hydrogens is 472 g/mol. The number of nitrogens with zero attached hydrogens (tertiary/aromatic N) is 5. The number of benzene rings is 2. The molecule has 1 N–H and O–H groups in total. The van der Waals surface area contributed by atoms with Crippen molar-refractivity contribution >= 4 is 35.0 Å². The van der Waals surface area contributed by atoms with Crippen LogP contribution in [-0.2, 0) is 4.79 Å². The summed E-state index contributed by atoms with van der Waals surface area (Å²) < 4.78 is 7.14. The van der Waals surface area contributed by atoms with Gasteiger partial charge in [-0.05, 0) is 67.6 Å². The van der Waals surface area contributed by atoms with E-state index in [1.807, 2.05) is 60.0 Å². The van der Waals surface area contributed by atoms with Crippen LogP contribution in [0.4, 0.5) is 0 Å². The first-order valence-corrected chi connectivity index (χ1v) is 11.6. The average Bonchev–Trinajstić information content (AvgIpc) is 3.31. The molecule has 0 aliphatic carbocycles. The van der Waals surface area contributed by atoms with Crippen molar-refractivity contribution in [2.24, 2.45) is 5.10 Å². The van der Waals surface area contributed by atoms with Gasteiger partial charge in [-0.1, -0.05) is 23.4 Å². The van der Waals surface area contributed by atoms with Gasteiger partial charge in [-0.2, -0.15) is 5.10 Å². The smallest absolute Gasteiger partial charge is 0.250 e. The lowest BCUT2D eigenvalue weighted by atomic mass is 10.2. The number of rotatable bonds is 8. The zero-order valence-corrected chi connectivity index (χ0v) is 20.0. The van der Waals surface area contributed by atoms with Crippen LogP contribution in [0.2, 0.25) is 5.02 Å². The predicted molar refractivity (Wildman–Crippen MR) is 134 cm³/mol. The largest absolute Gasteiger partial charge is 0.497 e. The highest BCUT2D eigenvalue weighted by molar-refractivity contribution is 7.99. The molecule has 8 nitrogen and oxygen atoms in total. The van der Waals surface area contributed by atoms with Gasteiger partial charge in [-0.15, -0.1) is 10.2 Å². The number of aromatic nitrogens is 4. The maximum Gasteiger partial charge on any atom is 0.250 e. The third-order valence-corrected chi connectivity index (χ3v) is 6.03. The summed E-state index contributed by atoms with van der Waals surface area (Å²) in [6.07, 6.45) is 3.35. The molecule has 0 bridgehead atoms. The summed E-state index contributed by atoms with van der Waals surface area (Å²) in [4.78, 5) is 16.4. The number of ether oxygens (including phenoxy) is 1. The Morgan fingerprint density at radius 3 is 2.44 bits per heavy atom. The second-order valence-corrected chi connectivity index (χ2v) is 8.48. The highest BCUT2D eigenvalue weighted by Gasteiger charge is 2.17. The summed E-state index contributed by atoms with van der Waals surface area (Å²) >= 11 is 7.35. The number of hydrogen-bond acceptors (Lipinski definition) is 7. The predicted octanol–water partition coefficient (Wildman–Crippen LogP) is 4.62. The molecule has 2 aromatic heterocycles. The van der Waals surface area contributed by atoms with Gasteiger partial charge in [-0.3, -0.25) is 14.3 Å². The Bertz CT molecular complexity index is 1290. The van der Waals surface area contributed by atoms with Gasteiger partial charge in [0.15, 0.2) is 11.0 Å². The van der Waals surface area contributed by atoms with Crippen molar-refractivity contribution in [2.45, 2.75) is 12.1 Å². The molecule has 172 valence electrons. The molecule has 2 heterocycles. The third-order valence-electron chi connectivity index (χ3n) is 4.85. The molecular formula is C24H21ClN6O2S. The summed E-state index contributed by atoms with van der Waals surface area (Å²) in [5.74, 6) is 1.24. The lowest BCUT2D eigenvalue weighted by Gasteiger charge is -2.11.